The molecule has 0 aliphatic carbocycles. The maximum Gasteiger partial charge on any atom is 0.451 e. The molecule has 14 heteroatoms. The molecule has 178 valence electrons. The smallest absolute Gasteiger partial charge is 0.451 e. The lowest BCUT2D eigenvalue weighted by Gasteiger charge is -2.10. The number of nitrogens with two attached hydrogens (primary N) is 1. The molecule has 0 aliphatic rings. The number of nitrogen functional groups attached to an aromatic ring is 1. The minimum atomic E-state index is -4.74. The number of ether oxygens (including phenoxy) is 1. The molecule has 0 amide bonds. The molecular weight excluding hydrogens is 470 g/mol. The number of fused-ring (bicyclic) bond motifs is 1. The van der Waals surface area contributed by atoms with Gasteiger partial charge in [0.1, 0.15) is 35.0 Å². The van der Waals surface area contributed by atoms with Crippen LogP contribution in [0.15, 0.2) is 49.2 Å². The fourth-order valence-electron chi connectivity index (χ4n) is 3.62. The van der Waals surface area contributed by atoms with Crippen molar-refractivity contribution in [3.63, 3.8) is 0 Å². The van der Waals surface area contributed by atoms with Gasteiger partial charge in [0, 0.05) is 18.0 Å². The van der Waals surface area contributed by atoms with E-state index in [0.29, 0.717) is 22.3 Å². The monoisotopic (exact) mass is 485 g/mol. The summed E-state index contributed by atoms with van der Waals surface area (Å²) < 4.78 is 61.4. The standard InChI is InChI=1S/C21H15F4N9O/c1-35-19-12(6-27-20(30-19)21(23,24)25)13-9-33(18-16(13)17(26)28-10-29-18)7-11-8-34(32-31-11)15-5-3-2-4-14(15)22/h2-6,8-10H,7H2,1H3,(H2,26,28,29). The molecule has 0 saturated carbocycles. The number of hydrogen-bond acceptors (Lipinski definition) is 8. The molecule has 1 aromatic carbocycles. The lowest BCUT2D eigenvalue weighted by Crippen LogP contribution is -2.11. The van der Waals surface area contributed by atoms with E-state index in [2.05, 4.69) is 30.2 Å². The number of para-hydroxylation sites is 1. The number of nitrogens with zero attached hydrogens (tertiary/aromatic N) is 8. The van der Waals surface area contributed by atoms with Gasteiger partial charge in [0.2, 0.25) is 11.7 Å². The fourth-order valence-corrected chi connectivity index (χ4v) is 3.62. The number of rotatable bonds is 5. The van der Waals surface area contributed by atoms with E-state index in [4.69, 9.17) is 10.5 Å². The molecule has 0 fully saturated rings. The summed E-state index contributed by atoms with van der Waals surface area (Å²) >= 11 is 0. The van der Waals surface area contributed by atoms with Crippen molar-refractivity contribution < 1.29 is 22.3 Å². The van der Waals surface area contributed by atoms with Crippen LogP contribution in [0.5, 0.6) is 5.88 Å². The van der Waals surface area contributed by atoms with Crippen molar-refractivity contribution >= 4 is 16.9 Å². The van der Waals surface area contributed by atoms with E-state index < -0.39 is 17.8 Å². The third-order valence-corrected chi connectivity index (χ3v) is 5.15. The van der Waals surface area contributed by atoms with Crippen molar-refractivity contribution in [3.8, 4) is 22.7 Å². The van der Waals surface area contributed by atoms with Gasteiger partial charge in [0.25, 0.3) is 0 Å². The van der Waals surface area contributed by atoms with E-state index in [-0.39, 0.29) is 29.5 Å². The number of halogens is 4. The van der Waals surface area contributed by atoms with Crippen molar-refractivity contribution in [2.45, 2.75) is 12.7 Å². The zero-order chi connectivity index (χ0) is 24.7. The molecule has 2 N–H and O–H groups in total. The summed E-state index contributed by atoms with van der Waals surface area (Å²) in [5, 5.41) is 8.44. The average Bonchev–Trinajstić information content (AvgIpc) is 3.44. The van der Waals surface area contributed by atoms with Crippen LogP contribution >= 0.6 is 0 Å². The Morgan fingerprint density at radius 2 is 1.86 bits per heavy atom. The van der Waals surface area contributed by atoms with Gasteiger partial charge in [-0.25, -0.2) is 24.0 Å². The Balaban J connectivity index is 1.59. The lowest BCUT2D eigenvalue weighted by molar-refractivity contribution is -0.145. The van der Waals surface area contributed by atoms with Gasteiger partial charge >= 0.3 is 6.18 Å². The highest BCUT2D eigenvalue weighted by Crippen LogP contribution is 2.38. The third-order valence-electron chi connectivity index (χ3n) is 5.15. The quantitative estimate of drug-likeness (QED) is 0.377. The Hall–Kier alpha value is -4.62. The first kappa shape index (κ1) is 22.2. The second-order valence-electron chi connectivity index (χ2n) is 7.35. The second kappa shape index (κ2) is 8.30. The number of alkyl halides is 3. The van der Waals surface area contributed by atoms with Crippen LogP contribution < -0.4 is 10.5 Å². The van der Waals surface area contributed by atoms with Crippen LogP contribution in [-0.4, -0.2) is 46.6 Å². The maximum absolute atomic E-state index is 14.1. The van der Waals surface area contributed by atoms with Crippen LogP contribution in [0.1, 0.15) is 11.5 Å². The van der Waals surface area contributed by atoms with E-state index in [1.165, 1.54) is 24.2 Å². The summed E-state index contributed by atoms with van der Waals surface area (Å²) in [6.07, 6.45) is 0.678. The first-order valence-corrected chi connectivity index (χ1v) is 10.00. The first-order valence-electron chi connectivity index (χ1n) is 10.00. The van der Waals surface area contributed by atoms with Crippen LogP contribution in [-0.2, 0) is 12.7 Å². The molecule has 10 nitrogen and oxygen atoms in total. The van der Waals surface area contributed by atoms with E-state index in [9.17, 15) is 17.6 Å². The number of hydrogen-bond donors (Lipinski definition) is 1. The van der Waals surface area contributed by atoms with Gasteiger partial charge < -0.3 is 15.0 Å². The van der Waals surface area contributed by atoms with Crippen LogP contribution in [0.4, 0.5) is 23.4 Å². The summed E-state index contributed by atoms with van der Waals surface area (Å²) in [6.45, 7) is 0.144. The largest absolute Gasteiger partial charge is 0.480 e. The summed E-state index contributed by atoms with van der Waals surface area (Å²) in [5.41, 5.74) is 7.69. The van der Waals surface area contributed by atoms with Crippen molar-refractivity contribution in [3.05, 3.63) is 66.5 Å². The fraction of sp³-hybridized carbons (Fsp3) is 0.143. The highest BCUT2D eigenvalue weighted by molar-refractivity contribution is 6.01. The number of aromatic nitrogens is 8. The first-order chi connectivity index (χ1) is 16.8. The Labute approximate surface area is 194 Å². The van der Waals surface area contributed by atoms with Gasteiger partial charge in [-0.05, 0) is 12.1 Å². The molecule has 5 aromatic rings. The van der Waals surface area contributed by atoms with E-state index in [0.717, 1.165) is 6.20 Å². The predicted octanol–water partition coefficient (Wildman–Crippen LogP) is 3.27. The molecule has 0 unspecified atom stereocenters. The maximum atomic E-state index is 14.1. The molecule has 0 radical (unpaired) electrons. The molecule has 5 rings (SSSR count). The van der Waals surface area contributed by atoms with Gasteiger partial charge in [-0.1, -0.05) is 17.3 Å². The van der Waals surface area contributed by atoms with Crippen molar-refractivity contribution in [2.75, 3.05) is 12.8 Å². The number of methoxy groups -OCH3 is 1. The SMILES string of the molecule is COc1nc(C(F)(F)F)ncc1-c1cn(Cc2cn(-c3ccccc3F)nn2)c2ncnc(N)c12. The van der Waals surface area contributed by atoms with Gasteiger partial charge in [0.15, 0.2) is 0 Å². The van der Waals surface area contributed by atoms with Gasteiger partial charge in [-0.2, -0.15) is 18.2 Å². The average molecular weight is 485 g/mol. The van der Waals surface area contributed by atoms with Crippen molar-refractivity contribution in [2.24, 2.45) is 0 Å². The Kier molecular flexibility index (Phi) is 5.26. The molecule has 0 saturated heterocycles. The number of benzene rings is 1. The van der Waals surface area contributed by atoms with Gasteiger partial charge in [0.05, 0.1) is 30.8 Å². The zero-order valence-corrected chi connectivity index (χ0v) is 17.9. The van der Waals surface area contributed by atoms with E-state index in [1.807, 2.05) is 0 Å². The van der Waals surface area contributed by atoms with Crippen LogP contribution in [0.2, 0.25) is 0 Å². The van der Waals surface area contributed by atoms with E-state index in [1.54, 1.807) is 35.2 Å². The molecule has 0 atom stereocenters. The number of anilines is 1. The van der Waals surface area contributed by atoms with Gasteiger partial charge in [-0.3, -0.25) is 0 Å². The van der Waals surface area contributed by atoms with Crippen LogP contribution in [0.25, 0.3) is 27.8 Å². The van der Waals surface area contributed by atoms with Gasteiger partial charge in [-0.15, -0.1) is 5.10 Å². The highest BCUT2D eigenvalue weighted by Gasteiger charge is 2.36. The predicted molar refractivity (Wildman–Crippen MR) is 115 cm³/mol. The Morgan fingerprint density at radius 3 is 2.60 bits per heavy atom. The molecule has 0 bridgehead atoms. The Morgan fingerprint density at radius 1 is 1.06 bits per heavy atom. The lowest BCUT2D eigenvalue weighted by atomic mass is 10.1. The summed E-state index contributed by atoms with van der Waals surface area (Å²) in [7, 11) is 1.20. The van der Waals surface area contributed by atoms with E-state index >= 15 is 0 Å². The highest BCUT2D eigenvalue weighted by atomic mass is 19.4. The van der Waals surface area contributed by atoms with Crippen molar-refractivity contribution in [1.29, 1.82) is 0 Å². The molecule has 0 spiro atoms. The second-order valence-corrected chi connectivity index (χ2v) is 7.35. The van der Waals surface area contributed by atoms with Crippen LogP contribution in [0.3, 0.4) is 0 Å². The summed E-state index contributed by atoms with van der Waals surface area (Å²) in [4.78, 5) is 15.2. The molecule has 4 heterocycles. The minimum absolute atomic E-state index is 0.0979. The molecule has 0 aliphatic heterocycles. The summed E-state index contributed by atoms with van der Waals surface area (Å²) in [5.74, 6) is -2.00. The minimum Gasteiger partial charge on any atom is -0.480 e. The summed E-state index contributed by atoms with van der Waals surface area (Å²) in [6, 6.07) is 6.10. The van der Waals surface area contributed by atoms with Crippen molar-refractivity contribution in [1.82, 2.24) is 39.5 Å². The zero-order valence-electron chi connectivity index (χ0n) is 17.9. The molecule has 35 heavy (non-hydrogen) atoms. The Bertz CT molecular complexity index is 1540. The topological polar surface area (TPSA) is 122 Å². The molecule has 4 aromatic heterocycles. The molecular formula is C21H15F4N9O. The van der Waals surface area contributed by atoms with Crippen LogP contribution in [0, 0.1) is 5.82 Å². The normalized spacial score (nSPS) is 11.8. The third kappa shape index (κ3) is 3.98.